The number of hydrogen-bond acceptors (Lipinski definition) is 5. The zero-order chi connectivity index (χ0) is 18.1. The van der Waals surface area contributed by atoms with Crippen molar-refractivity contribution in [3.63, 3.8) is 0 Å². The lowest BCUT2D eigenvalue weighted by molar-refractivity contribution is 0.414. The molecule has 24 heavy (non-hydrogen) atoms. The molecule has 2 rings (SSSR count). The van der Waals surface area contributed by atoms with Crippen LogP contribution < -0.4 is 4.74 Å². The van der Waals surface area contributed by atoms with Gasteiger partial charge in [-0.2, -0.15) is 0 Å². The Morgan fingerprint density at radius 1 is 0.875 bits per heavy atom. The maximum Gasteiger partial charge on any atom is 0.259 e. The lowest BCUT2D eigenvalue weighted by Crippen LogP contribution is -2.33. The normalized spacial score (nSPS) is 12.4. The first kappa shape index (κ1) is 19.0. The molecule has 0 saturated carbocycles. The van der Waals surface area contributed by atoms with E-state index in [9.17, 15) is 16.8 Å². The second kappa shape index (κ2) is 6.89. The van der Waals surface area contributed by atoms with E-state index in [1.165, 1.54) is 49.6 Å². The van der Waals surface area contributed by atoms with Gasteiger partial charge in [0.25, 0.3) is 20.0 Å². The summed E-state index contributed by atoms with van der Waals surface area (Å²) in [6.07, 6.45) is 0. The number of halogens is 2. The molecule has 0 aliphatic carbocycles. The molecular weight excluding hydrogens is 397 g/mol. The van der Waals surface area contributed by atoms with Gasteiger partial charge >= 0.3 is 0 Å². The molecule has 0 atom stereocenters. The van der Waals surface area contributed by atoms with Crippen molar-refractivity contribution < 1.29 is 21.6 Å². The number of ether oxygens (including phenoxy) is 1. The summed E-state index contributed by atoms with van der Waals surface area (Å²) in [5.41, 5.74) is 0. The maximum absolute atomic E-state index is 12.7. The van der Waals surface area contributed by atoms with Gasteiger partial charge in [0.15, 0.2) is 0 Å². The van der Waals surface area contributed by atoms with Crippen LogP contribution in [0.4, 0.5) is 0 Å². The van der Waals surface area contributed by atoms with E-state index >= 15 is 0 Å². The minimum absolute atomic E-state index is 0.167. The summed E-state index contributed by atoms with van der Waals surface area (Å²) in [5, 5.41) is -0.335. The lowest BCUT2D eigenvalue weighted by atomic mass is 10.3. The molecule has 0 bridgehead atoms. The molecule has 0 spiro atoms. The molecule has 0 heterocycles. The molecule has 0 aliphatic rings. The third kappa shape index (κ3) is 3.38. The minimum Gasteiger partial charge on any atom is -0.497 e. The average Bonchev–Trinajstić information content (AvgIpc) is 2.53. The van der Waals surface area contributed by atoms with Crippen LogP contribution in [0.25, 0.3) is 0 Å². The van der Waals surface area contributed by atoms with Crippen molar-refractivity contribution in [1.29, 1.82) is 0 Å². The predicted octanol–water partition coefficient (Wildman–Crippen LogP) is 3.01. The monoisotopic (exact) mass is 409 g/mol. The van der Waals surface area contributed by atoms with Gasteiger partial charge in [-0.05, 0) is 36.4 Å². The highest BCUT2D eigenvalue weighted by Gasteiger charge is 2.35. The molecule has 2 aromatic rings. The largest absolute Gasteiger partial charge is 0.497 e. The van der Waals surface area contributed by atoms with Crippen molar-refractivity contribution in [2.24, 2.45) is 0 Å². The highest BCUT2D eigenvalue weighted by molar-refractivity contribution is 8.04. The number of hydrogen-bond donors (Lipinski definition) is 0. The van der Waals surface area contributed by atoms with Crippen LogP contribution in [-0.2, 0) is 20.0 Å². The fourth-order valence-corrected chi connectivity index (χ4v) is 6.04. The second-order valence-corrected chi connectivity index (χ2v) is 9.54. The number of sulfonamides is 2. The van der Waals surface area contributed by atoms with Gasteiger partial charge in [-0.1, -0.05) is 33.0 Å². The Morgan fingerprint density at radius 3 is 1.83 bits per heavy atom. The van der Waals surface area contributed by atoms with Gasteiger partial charge in [0.1, 0.15) is 10.6 Å². The zero-order valence-corrected chi connectivity index (χ0v) is 15.7. The summed E-state index contributed by atoms with van der Waals surface area (Å²) in [6, 6.07) is 9.40. The molecule has 2 aromatic carbocycles. The van der Waals surface area contributed by atoms with Crippen molar-refractivity contribution in [2.45, 2.75) is 9.79 Å². The molecule has 0 radical (unpaired) electrons. The molecule has 0 amide bonds. The van der Waals surface area contributed by atoms with E-state index < -0.39 is 24.9 Å². The topological polar surface area (TPSA) is 80.8 Å². The SMILES string of the molecule is COc1ccc(S(=O)(=O)N(C)S(=O)(=O)c2c(Cl)cccc2Cl)cc1. The number of rotatable bonds is 5. The van der Waals surface area contributed by atoms with E-state index in [-0.39, 0.29) is 18.7 Å². The van der Waals surface area contributed by atoms with Crippen LogP contribution in [0.15, 0.2) is 52.3 Å². The molecule has 130 valence electrons. The summed E-state index contributed by atoms with van der Waals surface area (Å²) in [4.78, 5) is -0.675. The van der Waals surface area contributed by atoms with Crippen LogP contribution in [0, 0.1) is 0 Å². The van der Waals surface area contributed by atoms with Crippen LogP contribution in [0.3, 0.4) is 0 Å². The molecule has 6 nitrogen and oxygen atoms in total. The van der Waals surface area contributed by atoms with E-state index in [4.69, 9.17) is 27.9 Å². The highest BCUT2D eigenvalue weighted by Crippen LogP contribution is 2.33. The molecule has 0 saturated heterocycles. The third-order valence-corrected chi connectivity index (χ3v) is 8.42. The molecule has 10 heteroatoms. The fraction of sp³-hybridized carbons (Fsp3) is 0.143. The summed E-state index contributed by atoms with van der Waals surface area (Å²) in [5.74, 6) is 0.439. The number of benzene rings is 2. The van der Waals surface area contributed by atoms with Crippen LogP contribution in [0.2, 0.25) is 10.0 Å². The van der Waals surface area contributed by atoms with E-state index in [0.29, 0.717) is 5.75 Å². The Balaban J connectivity index is 2.54. The van der Waals surface area contributed by atoms with E-state index in [1.54, 1.807) is 0 Å². The molecule has 0 N–H and O–H groups in total. The van der Waals surface area contributed by atoms with Gasteiger partial charge in [0, 0.05) is 7.05 Å². The van der Waals surface area contributed by atoms with Crippen LogP contribution in [0.5, 0.6) is 5.75 Å². The molecule has 0 aromatic heterocycles. The number of nitrogens with zero attached hydrogens (tertiary/aromatic N) is 1. The van der Waals surface area contributed by atoms with Gasteiger partial charge in [-0.3, -0.25) is 0 Å². The second-order valence-electron chi connectivity index (χ2n) is 4.62. The summed E-state index contributed by atoms with van der Waals surface area (Å²) in [7, 11) is -6.45. The molecular formula is C14H13Cl2NO5S2. The van der Waals surface area contributed by atoms with Gasteiger partial charge in [0.05, 0.1) is 22.1 Å². The third-order valence-electron chi connectivity index (χ3n) is 3.21. The molecule has 0 aliphatic heterocycles. The summed E-state index contributed by atoms with van der Waals surface area (Å²) >= 11 is 11.8. The standard InChI is InChI=1S/C14H13Cl2NO5S2/c1-17(23(18,19)11-8-6-10(22-2)7-9-11)24(20,21)14-12(15)4-3-5-13(14)16/h3-9H,1-2H3. The van der Waals surface area contributed by atoms with Crippen molar-refractivity contribution in [3.05, 3.63) is 52.5 Å². The van der Waals surface area contributed by atoms with Crippen LogP contribution in [0.1, 0.15) is 0 Å². The first-order valence-electron chi connectivity index (χ1n) is 6.44. The quantitative estimate of drug-likeness (QED) is 0.757. The smallest absolute Gasteiger partial charge is 0.259 e. The van der Waals surface area contributed by atoms with Crippen molar-refractivity contribution in [1.82, 2.24) is 3.71 Å². The van der Waals surface area contributed by atoms with Gasteiger partial charge in [-0.25, -0.2) is 16.8 Å². The summed E-state index contributed by atoms with van der Waals surface area (Å²) < 4.78 is 55.7. The van der Waals surface area contributed by atoms with E-state index in [0.717, 1.165) is 7.05 Å². The molecule has 0 unspecified atom stereocenters. The Labute approximate surface area is 150 Å². The fourth-order valence-electron chi connectivity index (χ4n) is 1.88. The Kier molecular flexibility index (Phi) is 5.46. The zero-order valence-electron chi connectivity index (χ0n) is 12.6. The first-order chi connectivity index (χ1) is 11.1. The Hall–Kier alpha value is -1.32. The average molecular weight is 410 g/mol. The minimum atomic E-state index is -4.47. The Bertz CT molecular complexity index is 937. The summed E-state index contributed by atoms with van der Waals surface area (Å²) in [6.45, 7) is 0. The van der Waals surface area contributed by atoms with Crippen molar-refractivity contribution in [2.75, 3.05) is 14.2 Å². The van der Waals surface area contributed by atoms with Crippen molar-refractivity contribution >= 4 is 43.2 Å². The van der Waals surface area contributed by atoms with Crippen LogP contribution in [-0.4, -0.2) is 34.7 Å². The lowest BCUT2D eigenvalue weighted by Gasteiger charge is -2.19. The molecule has 0 fully saturated rings. The van der Waals surface area contributed by atoms with Gasteiger partial charge < -0.3 is 4.74 Å². The maximum atomic E-state index is 12.7. The van der Waals surface area contributed by atoms with Crippen molar-refractivity contribution in [3.8, 4) is 5.75 Å². The first-order valence-corrected chi connectivity index (χ1v) is 10.1. The Morgan fingerprint density at radius 2 is 1.38 bits per heavy atom. The van der Waals surface area contributed by atoms with Gasteiger partial charge in [-0.15, -0.1) is 0 Å². The predicted molar refractivity (Wildman–Crippen MR) is 91.6 cm³/mol. The highest BCUT2D eigenvalue weighted by atomic mass is 35.5. The van der Waals surface area contributed by atoms with Gasteiger partial charge in [0.2, 0.25) is 0 Å². The van der Waals surface area contributed by atoms with E-state index in [1.807, 2.05) is 0 Å². The van der Waals surface area contributed by atoms with E-state index in [2.05, 4.69) is 0 Å². The number of methoxy groups -OCH3 is 1. The van der Waals surface area contributed by atoms with Crippen LogP contribution >= 0.6 is 23.2 Å².